The summed E-state index contributed by atoms with van der Waals surface area (Å²) in [5.74, 6) is -3.20. The maximum absolute atomic E-state index is 12.0. The topological polar surface area (TPSA) is 51.2 Å². The van der Waals surface area contributed by atoms with Crippen LogP contribution in [-0.2, 0) is 14.6 Å². The van der Waals surface area contributed by atoms with Crippen molar-refractivity contribution in [3.63, 3.8) is 0 Å². The highest BCUT2D eigenvalue weighted by molar-refractivity contribution is 7.91. The molecular weight excluding hydrogens is 269 g/mol. The predicted molar refractivity (Wildman–Crippen MR) is 63.0 cm³/mol. The minimum atomic E-state index is -4.73. The fraction of sp³-hybridized carbons (Fsp3) is 0.909. The monoisotopic (exact) mass is 288 g/mol. The Hall–Kier alpha value is -0.590. The Bertz CT molecular complexity index is 391. The van der Waals surface area contributed by atoms with Gasteiger partial charge in [-0.3, -0.25) is 4.79 Å². The molecular formula is C11H19F3O3S. The summed E-state index contributed by atoms with van der Waals surface area (Å²) in [6.07, 6.45) is -4.76. The van der Waals surface area contributed by atoms with E-state index in [4.69, 9.17) is 0 Å². The van der Waals surface area contributed by atoms with Crippen LogP contribution in [0.25, 0.3) is 0 Å². The molecule has 0 saturated heterocycles. The van der Waals surface area contributed by atoms with Crippen LogP contribution in [0, 0.1) is 11.3 Å². The van der Waals surface area contributed by atoms with Gasteiger partial charge in [0.25, 0.3) is 0 Å². The molecule has 0 aliphatic carbocycles. The molecule has 3 nitrogen and oxygen atoms in total. The van der Waals surface area contributed by atoms with Crippen molar-refractivity contribution >= 4 is 15.6 Å². The van der Waals surface area contributed by atoms with Gasteiger partial charge in [0, 0.05) is 11.8 Å². The Morgan fingerprint density at radius 2 is 1.61 bits per heavy atom. The maximum atomic E-state index is 12.0. The molecule has 0 fully saturated rings. The molecule has 0 rings (SSSR count). The van der Waals surface area contributed by atoms with E-state index in [0.29, 0.717) is 0 Å². The molecule has 0 saturated carbocycles. The summed E-state index contributed by atoms with van der Waals surface area (Å²) in [5, 5.41) is 0. The number of alkyl halides is 3. The second-order valence-corrected chi connectivity index (χ2v) is 7.76. The summed E-state index contributed by atoms with van der Waals surface area (Å²) in [7, 11) is -4.21. The summed E-state index contributed by atoms with van der Waals surface area (Å²) < 4.78 is 58.5. The van der Waals surface area contributed by atoms with Gasteiger partial charge in [-0.1, -0.05) is 27.7 Å². The fourth-order valence-corrected chi connectivity index (χ4v) is 3.02. The molecule has 0 aromatic carbocycles. The minimum absolute atomic E-state index is 0.0272. The number of hydrogen-bond donors (Lipinski definition) is 0. The SMILES string of the molecule is C[C@@H](CC(=O)C(C)(C)C)CS(=O)(=O)CC(F)(F)F. The fourth-order valence-electron chi connectivity index (χ4n) is 1.42. The van der Waals surface area contributed by atoms with Crippen molar-refractivity contribution in [2.75, 3.05) is 11.5 Å². The molecule has 0 amide bonds. The first kappa shape index (κ1) is 17.4. The first-order valence-electron chi connectivity index (χ1n) is 5.53. The van der Waals surface area contributed by atoms with Gasteiger partial charge in [0.15, 0.2) is 9.84 Å². The maximum Gasteiger partial charge on any atom is 0.402 e. The summed E-state index contributed by atoms with van der Waals surface area (Å²) in [6.45, 7) is 6.53. The summed E-state index contributed by atoms with van der Waals surface area (Å²) in [4.78, 5) is 11.6. The zero-order valence-electron chi connectivity index (χ0n) is 11.0. The minimum Gasteiger partial charge on any atom is -0.299 e. The number of rotatable bonds is 5. The molecule has 108 valence electrons. The summed E-state index contributed by atoms with van der Waals surface area (Å²) >= 11 is 0. The van der Waals surface area contributed by atoms with Crippen molar-refractivity contribution in [2.45, 2.75) is 40.3 Å². The van der Waals surface area contributed by atoms with E-state index in [1.807, 2.05) is 0 Å². The number of halogens is 3. The van der Waals surface area contributed by atoms with Gasteiger partial charge in [0.2, 0.25) is 0 Å². The third-order valence-electron chi connectivity index (χ3n) is 2.29. The molecule has 0 heterocycles. The van der Waals surface area contributed by atoms with Crippen LogP contribution in [0.3, 0.4) is 0 Å². The molecule has 0 spiro atoms. The lowest BCUT2D eigenvalue weighted by Crippen LogP contribution is -2.29. The van der Waals surface area contributed by atoms with E-state index in [0.717, 1.165) is 0 Å². The zero-order valence-corrected chi connectivity index (χ0v) is 11.8. The molecule has 0 aliphatic rings. The Labute approximate surface area is 106 Å². The molecule has 18 heavy (non-hydrogen) atoms. The van der Waals surface area contributed by atoms with Gasteiger partial charge < -0.3 is 0 Å². The van der Waals surface area contributed by atoms with Gasteiger partial charge in [-0.15, -0.1) is 0 Å². The first-order valence-corrected chi connectivity index (χ1v) is 7.35. The second kappa shape index (κ2) is 5.59. The van der Waals surface area contributed by atoms with Crippen LogP contribution >= 0.6 is 0 Å². The highest BCUT2D eigenvalue weighted by atomic mass is 32.2. The van der Waals surface area contributed by atoms with Gasteiger partial charge >= 0.3 is 6.18 Å². The van der Waals surface area contributed by atoms with Gasteiger partial charge in [0.1, 0.15) is 11.5 Å². The first-order chi connectivity index (χ1) is 7.73. The molecule has 7 heteroatoms. The van der Waals surface area contributed by atoms with Crippen LogP contribution in [0.5, 0.6) is 0 Å². The number of ketones is 1. The highest BCUT2D eigenvalue weighted by Crippen LogP contribution is 2.23. The molecule has 1 atom stereocenters. The molecule has 0 unspecified atom stereocenters. The number of Topliss-reactive ketones (excluding diaryl/α,β-unsaturated/α-hetero) is 1. The second-order valence-electron chi connectivity index (χ2n) is 5.65. The average molecular weight is 288 g/mol. The largest absolute Gasteiger partial charge is 0.402 e. The lowest BCUT2D eigenvalue weighted by Gasteiger charge is -2.19. The van der Waals surface area contributed by atoms with E-state index in [9.17, 15) is 26.4 Å². The molecule has 0 radical (unpaired) electrons. The van der Waals surface area contributed by atoms with Crippen LogP contribution in [0.1, 0.15) is 34.1 Å². The van der Waals surface area contributed by atoms with Crippen molar-refractivity contribution in [2.24, 2.45) is 11.3 Å². The lowest BCUT2D eigenvalue weighted by molar-refractivity contribution is -0.126. The Balaban J connectivity index is 4.50. The van der Waals surface area contributed by atoms with E-state index in [-0.39, 0.29) is 12.2 Å². The van der Waals surface area contributed by atoms with E-state index in [1.165, 1.54) is 6.92 Å². The molecule has 0 aliphatic heterocycles. The number of carbonyl (C=O) groups excluding carboxylic acids is 1. The summed E-state index contributed by atoms with van der Waals surface area (Å²) in [5.41, 5.74) is -0.609. The van der Waals surface area contributed by atoms with E-state index in [1.54, 1.807) is 20.8 Å². The van der Waals surface area contributed by atoms with Crippen molar-refractivity contribution in [1.29, 1.82) is 0 Å². The smallest absolute Gasteiger partial charge is 0.299 e. The van der Waals surface area contributed by atoms with Gasteiger partial charge in [-0.05, 0) is 5.92 Å². The van der Waals surface area contributed by atoms with E-state index >= 15 is 0 Å². The normalized spacial score (nSPS) is 15.5. The van der Waals surface area contributed by atoms with Crippen LogP contribution in [0.2, 0.25) is 0 Å². The van der Waals surface area contributed by atoms with Crippen molar-refractivity contribution < 1.29 is 26.4 Å². The van der Waals surface area contributed by atoms with Crippen molar-refractivity contribution in [1.82, 2.24) is 0 Å². The van der Waals surface area contributed by atoms with Crippen LogP contribution in [-0.4, -0.2) is 31.9 Å². The Morgan fingerprint density at radius 1 is 1.17 bits per heavy atom. The van der Waals surface area contributed by atoms with Gasteiger partial charge in [-0.25, -0.2) is 8.42 Å². The third kappa shape index (κ3) is 7.68. The van der Waals surface area contributed by atoms with Crippen molar-refractivity contribution in [3.8, 4) is 0 Å². The highest BCUT2D eigenvalue weighted by Gasteiger charge is 2.36. The molecule has 0 aromatic heterocycles. The average Bonchev–Trinajstić information content (AvgIpc) is 1.94. The van der Waals surface area contributed by atoms with Gasteiger partial charge in [-0.2, -0.15) is 13.2 Å². The van der Waals surface area contributed by atoms with Gasteiger partial charge in [0.05, 0.1) is 5.75 Å². The van der Waals surface area contributed by atoms with E-state index in [2.05, 4.69) is 0 Å². The van der Waals surface area contributed by atoms with E-state index < -0.39 is 38.9 Å². The van der Waals surface area contributed by atoms with Crippen LogP contribution in [0.15, 0.2) is 0 Å². The van der Waals surface area contributed by atoms with Crippen LogP contribution in [0.4, 0.5) is 13.2 Å². The van der Waals surface area contributed by atoms with Crippen molar-refractivity contribution in [3.05, 3.63) is 0 Å². The Kier molecular flexibility index (Phi) is 5.40. The predicted octanol–water partition coefficient (Wildman–Crippen LogP) is 2.60. The standard InChI is InChI=1S/C11H19F3O3S/c1-8(5-9(15)10(2,3)4)6-18(16,17)7-11(12,13)14/h8H,5-7H2,1-4H3/t8-/m0/s1. The zero-order chi connectivity index (χ0) is 14.8. The quantitative estimate of drug-likeness (QED) is 0.781. The lowest BCUT2D eigenvalue weighted by atomic mass is 9.86. The summed E-state index contributed by atoms with van der Waals surface area (Å²) in [6, 6.07) is 0. The number of hydrogen-bond acceptors (Lipinski definition) is 3. The third-order valence-corrected chi connectivity index (χ3v) is 4.14. The number of sulfone groups is 1. The molecule has 0 bridgehead atoms. The Morgan fingerprint density at radius 3 is 1.94 bits per heavy atom. The molecule has 0 N–H and O–H groups in total. The molecule has 0 aromatic rings. The van der Waals surface area contributed by atoms with Crippen LogP contribution < -0.4 is 0 Å². The number of carbonyl (C=O) groups is 1.